The van der Waals surface area contributed by atoms with Crippen LogP contribution in [0.5, 0.6) is 11.5 Å². The minimum absolute atomic E-state index is 0.227. The molecular formula is C28H30ClNO5. The van der Waals surface area contributed by atoms with E-state index in [1.807, 2.05) is 48.5 Å². The summed E-state index contributed by atoms with van der Waals surface area (Å²) in [6.45, 7) is 5.93. The Labute approximate surface area is 211 Å². The normalized spacial score (nSPS) is 11.0. The molecule has 0 bridgehead atoms. The van der Waals surface area contributed by atoms with E-state index in [4.69, 9.17) is 25.8 Å². The molecule has 35 heavy (non-hydrogen) atoms. The minimum atomic E-state index is -1.06. The van der Waals surface area contributed by atoms with Gasteiger partial charge in [0.2, 0.25) is 0 Å². The van der Waals surface area contributed by atoms with Crippen molar-refractivity contribution < 1.29 is 23.8 Å². The monoisotopic (exact) mass is 495 g/mol. The molecule has 0 atom stereocenters. The highest BCUT2D eigenvalue weighted by Gasteiger charge is 2.31. The first-order valence-electron chi connectivity index (χ1n) is 11.4. The zero-order valence-electron chi connectivity index (χ0n) is 20.4. The number of hydrogen-bond acceptors (Lipinski definition) is 5. The number of rotatable bonds is 10. The highest BCUT2D eigenvalue weighted by atomic mass is 35.5. The molecule has 0 aliphatic carbocycles. The number of methoxy groups -OCH3 is 1. The summed E-state index contributed by atoms with van der Waals surface area (Å²) >= 11 is 6.01. The van der Waals surface area contributed by atoms with Crippen molar-refractivity contribution in [3.8, 4) is 22.6 Å². The second kappa shape index (κ2) is 11.8. The third kappa shape index (κ3) is 6.99. The summed E-state index contributed by atoms with van der Waals surface area (Å²) in [5, 5.41) is 3.39. The summed E-state index contributed by atoms with van der Waals surface area (Å²) < 4.78 is 16.1. The van der Waals surface area contributed by atoms with Gasteiger partial charge in [-0.25, -0.2) is 4.79 Å². The third-order valence-corrected chi connectivity index (χ3v) is 5.62. The van der Waals surface area contributed by atoms with Crippen molar-refractivity contribution in [3.05, 3.63) is 82.9 Å². The average molecular weight is 496 g/mol. The predicted molar refractivity (Wildman–Crippen MR) is 137 cm³/mol. The number of nitrogens with one attached hydrogen (secondary N) is 1. The van der Waals surface area contributed by atoms with Crippen LogP contribution in [0.2, 0.25) is 5.02 Å². The number of ether oxygens (including phenoxy) is 3. The van der Waals surface area contributed by atoms with Gasteiger partial charge in [0.25, 0.3) is 5.91 Å². The fourth-order valence-corrected chi connectivity index (χ4v) is 3.67. The summed E-state index contributed by atoms with van der Waals surface area (Å²) in [4.78, 5) is 24.5. The molecule has 6 nitrogen and oxygen atoms in total. The molecule has 0 aliphatic heterocycles. The Kier molecular flexibility index (Phi) is 8.77. The van der Waals surface area contributed by atoms with E-state index < -0.39 is 11.6 Å². The highest BCUT2D eigenvalue weighted by Crippen LogP contribution is 2.26. The number of hydrogen-bond donors (Lipinski definition) is 1. The van der Waals surface area contributed by atoms with Crippen molar-refractivity contribution in [2.75, 3.05) is 20.3 Å². The van der Waals surface area contributed by atoms with Crippen LogP contribution in [0.15, 0.2) is 66.7 Å². The van der Waals surface area contributed by atoms with Crippen molar-refractivity contribution in [1.82, 2.24) is 5.32 Å². The van der Waals surface area contributed by atoms with Crippen LogP contribution in [0.1, 0.15) is 36.7 Å². The quantitative estimate of drug-likeness (QED) is 0.365. The van der Waals surface area contributed by atoms with Gasteiger partial charge in [-0.2, -0.15) is 0 Å². The number of benzene rings is 3. The molecule has 3 aromatic carbocycles. The van der Waals surface area contributed by atoms with Gasteiger partial charge < -0.3 is 19.5 Å². The lowest BCUT2D eigenvalue weighted by Crippen LogP contribution is -2.39. The molecule has 7 heteroatoms. The largest absolute Gasteiger partial charge is 0.496 e. The zero-order valence-corrected chi connectivity index (χ0v) is 21.1. The Balaban J connectivity index is 1.56. The topological polar surface area (TPSA) is 73.9 Å². The van der Waals surface area contributed by atoms with E-state index in [9.17, 15) is 9.59 Å². The van der Waals surface area contributed by atoms with E-state index in [1.165, 1.54) is 7.11 Å². The average Bonchev–Trinajstić information content (AvgIpc) is 2.85. The summed E-state index contributed by atoms with van der Waals surface area (Å²) in [5.41, 5.74) is 2.53. The number of amides is 1. The molecule has 0 aromatic heterocycles. The van der Waals surface area contributed by atoms with E-state index in [2.05, 4.69) is 5.32 Å². The standard InChI is InChI=1S/C28H30ClNO5/c1-5-34-27(32)28(2,3)35-23-13-10-21(11-14-23)20-8-6-19(7-9-20)16-17-30-26(31)24-18-22(29)12-15-25(24)33-4/h6-15,18H,5,16-17H2,1-4H3,(H,30,31). The smallest absolute Gasteiger partial charge is 0.349 e. The molecule has 1 amide bonds. The molecule has 0 saturated carbocycles. The molecule has 0 spiro atoms. The molecule has 0 aliphatic rings. The van der Waals surface area contributed by atoms with Gasteiger partial charge in [-0.1, -0.05) is 48.0 Å². The fourth-order valence-electron chi connectivity index (χ4n) is 3.49. The maximum atomic E-state index is 12.5. The Hall–Kier alpha value is -3.51. The number of carbonyl (C=O) groups is 2. The molecule has 184 valence electrons. The lowest BCUT2D eigenvalue weighted by molar-refractivity contribution is -0.158. The molecule has 0 heterocycles. The van der Waals surface area contributed by atoms with Crippen molar-refractivity contribution in [1.29, 1.82) is 0 Å². The van der Waals surface area contributed by atoms with Gasteiger partial charge in [-0.15, -0.1) is 0 Å². The van der Waals surface area contributed by atoms with Gasteiger partial charge in [0, 0.05) is 11.6 Å². The summed E-state index contributed by atoms with van der Waals surface area (Å²) in [6.07, 6.45) is 0.685. The van der Waals surface area contributed by atoms with Crippen molar-refractivity contribution in [3.63, 3.8) is 0 Å². The van der Waals surface area contributed by atoms with Crippen molar-refractivity contribution in [2.24, 2.45) is 0 Å². The third-order valence-electron chi connectivity index (χ3n) is 5.39. The maximum absolute atomic E-state index is 12.5. The van der Waals surface area contributed by atoms with Crippen LogP contribution in [0.25, 0.3) is 11.1 Å². The van der Waals surface area contributed by atoms with Crippen LogP contribution in [-0.4, -0.2) is 37.7 Å². The van der Waals surface area contributed by atoms with E-state index >= 15 is 0 Å². The number of carbonyl (C=O) groups excluding carboxylic acids is 2. The Morgan fingerprint density at radius 2 is 1.57 bits per heavy atom. The second-order valence-corrected chi connectivity index (χ2v) is 8.84. The molecule has 0 radical (unpaired) electrons. The van der Waals surface area contributed by atoms with Gasteiger partial charge in [0.05, 0.1) is 19.3 Å². The Morgan fingerprint density at radius 3 is 2.17 bits per heavy atom. The molecule has 1 N–H and O–H groups in total. The summed E-state index contributed by atoms with van der Waals surface area (Å²) in [7, 11) is 1.52. The zero-order chi connectivity index (χ0) is 25.4. The maximum Gasteiger partial charge on any atom is 0.349 e. The van der Waals surface area contributed by atoms with Crippen LogP contribution < -0.4 is 14.8 Å². The van der Waals surface area contributed by atoms with E-state index in [0.717, 1.165) is 16.7 Å². The van der Waals surface area contributed by atoms with Gasteiger partial charge in [-0.3, -0.25) is 4.79 Å². The Morgan fingerprint density at radius 1 is 0.943 bits per heavy atom. The first-order chi connectivity index (χ1) is 16.7. The van der Waals surface area contributed by atoms with Crippen LogP contribution >= 0.6 is 11.6 Å². The SMILES string of the molecule is CCOC(=O)C(C)(C)Oc1ccc(-c2ccc(CCNC(=O)c3cc(Cl)ccc3OC)cc2)cc1. The predicted octanol–water partition coefficient (Wildman–Crippen LogP) is 5.71. The molecule has 0 saturated heterocycles. The van der Waals surface area contributed by atoms with Crippen LogP contribution in [0.4, 0.5) is 0 Å². The Bertz CT molecular complexity index is 1160. The second-order valence-electron chi connectivity index (χ2n) is 8.40. The lowest BCUT2D eigenvalue weighted by Gasteiger charge is -2.24. The van der Waals surface area contributed by atoms with Gasteiger partial charge >= 0.3 is 5.97 Å². The first-order valence-corrected chi connectivity index (χ1v) is 11.8. The van der Waals surface area contributed by atoms with Gasteiger partial charge in [0.15, 0.2) is 5.60 Å². The number of esters is 1. The van der Waals surface area contributed by atoms with Crippen molar-refractivity contribution >= 4 is 23.5 Å². The molecule has 3 aromatic rings. The van der Waals surface area contributed by atoms with E-state index in [-0.39, 0.29) is 5.91 Å². The van der Waals surface area contributed by atoms with E-state index in [0.29, 0.717) is 41.7 Å². The van der Waals surface area contributed by atoms with Crippen molar-refractivity contribution in [2.45, 2.75) is 32.8 Å². The van der Waals surface area contributed by atoms with Gasteiger partial charge in [-0.05, 0) is 74.2 Å². The molecule has 0 fully saturated rings. The van der Waals surface area contributed by atoms with Crippen LogP contribution in [0.3, 0.4) is 0 Å². The molecule has 0 unspecified atom stereocenters. The van der Waals surface area contributed by atoms with Gasteiger partial charge in [0.1, 0.15) is 11.5 Å². The first kappa shape index (κ1) is 26.1. The highest BCUT2D eigenvalue weighted by molar-refractivity contribution is 6.31. The summed E-state index contributed by atoms with van der Waals surface area (Å²) in [6, 6.07) is 20.7. The lowest BCUT2D eigenvalue weighted by atomic mass is 10.0. The van der Waals surface area contributed by atoms with E-state index in [1.54, 1.807) is 39.0 Å². The summed E-state index contributed by atoms with van der Waals surface area (Å²) in [5.74, 6) is 0.449. The molecule has 3 rings (SSSR count). The van der Waals surface area contributed by atoms with Crippen LogP contribution in [-0.2, 0) is 16.0 Å². The number of halogens is 1. The fraction of sp³-hybridized carbons (Fsp3) is 0.286. The minimum Gasteiger partial charge on any atom is -0.496 e. The van der Waals surface area contributed by atoms with Crippen LogP contribution in [0, 0.1) is 0 Å². The molecular weight excluding hydrogens is 466 g/mol.